The molecule has 2 aromatic carbocycles. The van der Waals surface area contributed by atoms with Crippen LogP contribution in [0.4, 0.5) is 0 Å². The molecule has 26 heavy (non-hydrogen) atoms. The first-order valence-electron chi connectivity index (χ1n) is 8.64. The highest BCUT2D eigenvalue weighted by Gasteiger charge is 2.28. The van der Waals surface area contributed by atoms with Gasteiger partial charge in [0.25, 0.3) is 5.91 Å². The van der Waals surface area contributed by atoms with E-state index < -0.39 is 10.0 Å². The lowest BCUT2D eigenvalue weighted by atomic mass is 10.1. The molecule has 3 aromatic rings. The Morgan fingerprint density at radius 1 is 1.19 bits per heavy atom. The summed E-state index contributed by atoms with van der Waals surface area (Å²) in [5, 5.41) is 5.71. The fraction of sp³-hybridized carbons (Fsp3) is 0.316. The Morgan fingerprint density at radius 3 is 2.77 bits per heavy atom. The van der Waals surface area contributed by atoms with Gasteiger partial charge < -0.3 is 9.73 Å². The average molecular weight is 372 g/mol. The van der Waals surface area contributed by atoms with Crippen molar-refractivity contribution in [1.29, 1.82) is 0 Å². The molecule has 0 saturated carbocycles. The number of amides is 1. The lowest BCUT2D eigenvalue weighted by Crippen LogP contribution is -2.35. The van der Waals surface area contributed by atoms with Crippen LogP contribution in [0.1, 0.15) is 22.5 Å². The molecule has 4 rings (SSSR count). The summed E-state index contributed by atoms with van der Waals surface area (Å²) in [5.74, 6) is 0.150. The SMILES string of the molecule is Cc1c(C(=O)NCCN2CCCS2(=O)=O)oc2c1ccc1ccccc12. The Morgan fingerprint density at radius 2 is 2.00 bits per heavy atom. The molecule has 2 heterocycles. The van der Waals surface area contributed by atoms with Crippen molar-refractivity contribution in [2.45, 2.75) is 13.3 Å². The predicted octanol–water partition coefficient (Wildman–Crippen LogP) is 2.66. The summed E-state index contributed by atoms with van der Waals surface area (Å²) >= 11 is 0. The highest BCUT2D eigenvalue weighted by molar-refractivity contribution is 7.89. The summed E-state index contributed by atoms with van der Waals surface area (Å²) in [4.78, 5) is 12.5. The van der Waals surface area contributed by atoms with Crippen LogP contribution in [0.2, 0.25) is 0 Å². The number of carbonyl (C=O) groups is 1. The molecular weight excluding hydrogens is 352 g/mol. The quantitative estimate of drug-likeness (QED) is 0.764. The molecule has 0 bridgehead atoms. The van der Waals surface area contributed by atoms with E-state index in [2.05, 4.69) is 5.32 Å². The molecule has 136 valence electrons. The molecule has 0 aliphatic carbocycles. The topological polar surface area (TPSA) is 79.6 Å². The van der Waals surface area contributed by atoms with E-state index in [-0.39, 0.29) is 30.5 Å². The highest BCUT2D eigenvalue weighted by atomic mass is 32.2. The van der Waals surface area contributed by atoms with Gasteiger partial charge in [-0.25, -0.2) is 12.7 Å². The Bertz CT molecular complexity index is 1100. The molecule has 1 amide bonds. The molecule has 1 aliphatic rings. The Kier molecular flexibility index (Phi) is 4.20. The lowest BCUT2D eigenvalue weighted by Gasteiger charge is -2.14. The van der Waals surface area contributed by atoms with Crippen LogP contribution in [-0.4, -0.2) is 44.0 Å². The number of hydrogen-bond donors (Lipinski definition) is 1. The normalized spacial score (nSPS) is 17.1. The van der Waals surface area contributed by atoms with Crippen molar-refractivity contribution in [3.05, 3.63) is 47.7 Å². The number of fused-ring (bicyclic) bond motifs is 3. The molecular formula is C19H20N2O4S. The number of benzene rings is 2. The van der Waals surface area contributed by atoms with Gasteiger partial charge >= 0.3 is 0 Å². The van der Waals surface area contributed by atoms with Crippen LogP contribution in [0.15, 0.2) is 40.8 Å². The number of carbonyl (C=O) groups excluding carboxylic acids is 1. The van der Waals surface area contributed by atoms with Gasteiger partial charge in [-0.3, -0.25) is 4.79 Å². The summed E-state index contributed by atoms with van der Waals surface area (Å²) in [6.45, 7) is 2.93. The third-order valence-corrected chi connectivity index (χ3v) is 6.84. The van der Waals surface area contributed by atoms with E-state index in [0.717, 1.165) is 21.7 Å². The maximum Gasteiger partial charge on any atom is 0.287 e. The van der Waals surface area contributed by atoms with E-state index in [1.807, 2.05) is 43.3 Å². The van der Waals surface area contributed by atoms with E-state index in [1.54, 1.807) is 0 Å². The number of nitrogens with one attached hydrogen (secondary N) is 1. The van der Waals surface area contributed by atoms with E-state index in [1.165, 1.54) is 4.31 Å². The standard InChI is InChI=1S/C19H20N2O4S/c1-13-15-8-7-14-5-2-3-6-16(14)18(15)25-17(13)19(22)20-9-11-21-10-4-12-26(21,23)24/h2-3,5-8H,4,9-12H2,1H3,(H,20,22). The van der Waals surface area contributed by atoms with Crippen molar-refractivity contribution < 1.29 is 17.6 Å². The molecule has 6 nitrogen and oxygen atoms in total. The summed E-state index contributed by atoms with van der Waals surface area (Å²) < 4.78 is 30.9. The first-order valence-corrected chi connectivity index (χ1v) is 10.3. The Labute approximate surface area is 151 Å². The van der Waals surface area contributed by atoms with Crippen LogP contribution in [0.3, 0.4) is 0 Å². The zero-order valence-corrected chi connectivity index (χ0v) is 15.3. The fourth-order valence-electron chi connectivity index (χ4n) is 3.48. The van der Waals surface area contributed by atoms with Gasteiger partial charge in [-0.2, -0.15) is 0 Å². The number of furan rings is 1. The molecule has 0 atom stereocenters. The molecule has 0 spiro atoms. The minimum absolute atomic E-state index is 0.191. The molecule has 1 N–H and O–H groups in total. The summed E-state index contributed by atoms with van der Waals surface area (Å²) in [7, 11) is -3.14. The van der Waals surface area contributed by atoms with E-state index in [4.69, 9.17) is 4.42 Å². The zero-order chi connectivity index (χ0) is 18.3. The molecule has 1 aliphatic heterocycles. The number of nitrogens with zero attached hydrogens (tertiary/aromatic N) is 1. The molecule has 1 saturated heterocycles. The van der Waals surface area contributed by atoms with Gasteiger partial charge in [-0.15, -0.1) is 0 Å². The highest BCUT2D eigenvalue weighted by Crippen LogP contribution is 2.31. The molecule has 1 aromatic heterocycles. The van der Waals surface area contributed by atoms with Gasteiger partial charge in [0, 0.05) is 36.0 Å². The Balaban J connectivity index is 1.55. The first-order chi connectivity index (χ1) is 12.5. The maximum atomic E-state index is 12.5. The fourth-order valence-corrected chi connectivity index (χ4v) is 5.01. The summed E-state index contributed by atoms with van der Waals surface area (Å²) in [6, 6.07) is 11.9. The summed E-state index contributed by atoms with van der Waals surface area (Å²) in [6.07, 6.45) is 0.645. The van der Waals surface area contributed by atoms with E-state index in [9.17, 15) is 13.2 Å². The lowest BCUT2D eigenvalue weighted by molar-refractivity contribution is 0.0925. The first kappa shape index (κ1) is 17.1. The van der Waals surface area contributed by atoms with E-state index >= 15 is 0 Å². The van der Waals surface area contributed by atoms with Gasteiger partial charge in [0.1, 0.15) is 5.58 Å². The van der Waals surface area contributed by atoms with Crippen LogP contribution in [0.25, 0.3) is 21.7 Å². The summed E-state index contributed by atoms with van der Waals surface area (Å²) in [5.41, 5.74) is 1.49. The average Bonchev–Trinajstić information content (AvgIpc) is 3.14. The Hall–Kier alpha value is -2.38. The van der Waals surface area contributed by atoms with Gasteiger partial charge in [0.15, 0.2) is 5.76 Å². The van der Waals surface area contributed by atoms with Crippen molar-refractivity contribution in [1.82, 2.24) is 9.62 Å². The van der Waals surface area contributed by atoms with Crippen LogP contribution < -0.4 is 5.32 Å². The van der Waals surface area contributed by atoms with Crippen LogP contribution in [0, 0.1) is 6.92 Å². The smallest absolute Gasteiger partial charge is 0.287 e. The van der Waals surface area contributed by atoms with Gasteiger partial charge in [0.05, 0.1) is 5.75 Å². The van der Waals surface area contributed by atoms with Crippen molar-refractivity contribution >= 4 is 37.7 Å². The van der Waals surface area contributed by atoms with Gasteiger partial charge in [-0.05, 0) is 18.7 Å². The second-order valence-electron chi connectivity index (χ2n) is 6.54. The molecule has 1 fully saturated rings. The number of sulfonamides is 1. The minimum atomic E-state index is -3.14. The van der Waals surface area contributed by atoms with Gasteiger partial charge in [-0.1, -0.05) is 36.4 Å². The monoisotopic (exact) mass is 372 g/mol. The van der Waals surface area contributed by atoms with Crippen molar-refractivity contribution in [3.63, 3.8) is 0 Å². The number of hydrogen-bond acceptors (Lipinski definition) is 4. The third kappa shape index (κ3) is 2.87. The number of rotatable bonds is 4. The molecule has 0 unspecified atom stereocenters. The maximum absolute atomic E-state index is 12.5. The minimum Gasteiger partial charge on any atom is -0.450 e. The molecule has 7 heteroatoms. The second-order valence-corrected chi connectivity index (χ2v) is 8.63. The molecule has 0 radical (unpaired) electrons. The number of aryl methyl sites for hydroxylation is 1. The second kappa shape index (κ2) is 6.41. The third-order valence-electron chi connectivity index (χ3n) is 4.88. The predicted molar refractivity (Wildman–Crippen MR) is 101 cm³/mol. The van der Waals surface area contributed by atoms with E-state index in [0.29, 0.717) is 18.5 Å². The largest absolute Gasteiger partial charge is 0.450 e. The van der Waals surface area contributed by atoms with Crippen LogP contribution in [0.5, 0.6) is 0 Å². The van der Waals surface area contributed by atoms with Crippen LogP contribution >= 0.6 is 0 Å². The van der Waals surface area contributed by atoms with Gasteiger partial charge in [0.2, 0.25) is 10.0 Å². The van der Waals surface area contributed by atoms with Crippen molar-refractivity contribution in [2.24, 2.45) is 0 Å². The van der Waals surface area contributed by atoms with Crippen molar-refractivity contribution in [2.75, 3.05) is 25.4 Å². The zero-order valence-electron chi connectivity index (χ0n) is 14.5. The van der Waals surface area contributed by atoms with Crippen molar-refractivity contribution in [3.8, 4) is 0 Å². The van der Waals surface area contributed by atoms with Crippen LogP contribution in [-0.2, 0) is 10.0 Å².